The third kappa shape index (κ3) is 2.42. The number of hydrazine groups is 1. The summed E-state index contributed by atoms with van der Waals surface area (Å²) in [5.41, 5.74) is 5.27. The molecular formula is C14H19N5O. The van der Waals surface area contributed by atoms with Crippen LogP contribution < -0.4 is 17.0 Å². The zero-order valence-corrected chi connectivity index (χ0v) is 12.0. The van der Waals surface area contributed by atoms with Gasteiger partial charge in [-0.3, -0.25) is 9.99 Å². The van der Waals surface area contributed by atoms with Crippen LogP contribution in [0.15, 0.2) is 23.0 Å². The molecule has 0 aliphatic carbocycles. The number of aryl methyl sites for hydroxylation is 2. The van der Waals surface area contributed by atoms with Gasteiger partial charge in [-0.05, 0) is 24.0 Å². The van der Waals surface area contributed by atoms with Gasteiger partial charge in [-0.15, -0.1) is 0 Å². The molecule has 2 rings (SSSR count). The molecule has 6 heteroatoms. The summed E-state index contributed by atoms with van der Waals surface area (Å²) in [6.07, 6.45) is 1.74. The van der Waals surface area contributed by atoms with Crippen LogP contribution in [0.2, 0.25) is 0 Å². The second-order valence-corrected chi connectivity index (χ2v) is 4.52. The summed E-state index contributed by atoms with van der Waals surface area (Å²) in [6, 6.07) is 6.13. The summed E-state index contributed by atoms with van der Waals surface area (Å²) in [4.78, 5) is 20.0. The van der Waals surface area contributed by atoms with Crippen LogP contribution in [0.25, 0.3) is 11.4 Å². The summed E-state index contributed by atoms with van der Waals surface area (Å²) in [5.74, 6) is 6.06. The molecular weight excluding hydrogens is 254 g/mol. The average Bonchev–Trinajstić information content (AvgIpc) is 2.49. The minimum Gasteiger partial charge on any atom is -0.292 e. The first-order valence-electron chi connectivity index (χ1n) is 6.65. The van der Waals surface area contributed by atoms with Gasteiger partial charge in [-0.1, -0.05) is 32.0 Å². The second kappa shape index (κ2) is 5.83. The quantitative estimate of drug-likeness (QED) is 0.647. The standard InChI is InChI=1S/C14H19N5O/c1-4-9-7-6-8-10(5-2)11(9)12-16-13(18-15)17-14(20)19(12)3/h6-8H,4-5,15H2,1-3H3,(H,17,18,20). The zero-order valence-electron chi connectivity index (χ0n) is 12.0. The molecule has 0 saturated heterocycles. The fourth-order valence-electron chi connectivity index (χ4n) is 2.27. The van der Waals surface area contributed by atoms with Gasteiger partial charge in [0.1, 0.15) is 5.82 Å². The van der Waals surface area contributed by atoms with Gasteiger partial charge >= 0.3 is 5.69 Å². The van der Waals surface area contributed by atoms with Gasteiger partial charge in [0.05, 0.1) is 0 Å². The smallest absolute Gasteiger partial charge is 0.292 e. The Labute approximate surface area is 117 Å². The Hall–Kier alpha value is -2.21. The van der Waals surface area contributed by atoms with Crippen molar-refractivity contribution >= 4 is 5.95 Å². The first kappa shape index (κ1) is 14.2. The molecule has 1 aromatic carbocycles. The Morgan fingerprint density at radius 3 is 2.30 bits per heavy atom. The molecule has 3 N–H and O–H groups in total. The van der Waals surface area contributed by atoms with E-state index in [-0.39, 0.29) is 11.6 Å². The lowest BCUT2D eigenvalue weighted by molar-refractivity contribution is 0.781. The van der Waals surface area contributed by atoms with Crippen LogP contribution in [-0.4, -0.2) is 14.5 Å². The van der Waals surface area contributed by atoms with E-state index in [4.69, 9.17) is 5.84 Å². The van der Waals surface area contributed by atoms with E-state index in [9.17, 15) is 4.79 Å². The third-order valence-corrected chi connectivity index (χ3v) is 3.37. The van der Waals surface area contributed by atoms with Gasteiger partial charge in [0.2, 0.25) is 5.95 Å². The van der Waals surface area contributed by atoms with E-state index in [0.717, 1.165) is 29.5 Å². The lowest BCUT2D eigenvalue weighted by Crippen LogP contribution is -2.26. The number of nitrogens with zero attached hydrogens (tertiary/aromatic N) is 3. The molecule has 0 spiro atoms. The molecule has 20 heavy (non-hydrogen) atoms. The first-order valence-corrected chi connectivity index (χ1v) is 6.65. The Balaban J connectivity index is 2.80. The lowest BCUT2D eigenvalue weighted by Gasteiger charge is -2.15. The van der Waals surface area contributed by atoms with Crippen molar-refractivity contribution in [1.29, 1.82) is 0 Å². The lowest BCUT2D eigenvalue weighted by atomic mass is 9.97. The first-order chi connectivity index (χ1) is 9.62. The number of nitrogens with two attached hydrogens (primary N) is 1. The van der Waals surface area contributed by atoms with Gasteiger partial charge in [-0.2, -0.15) is 9.97 Å². The Bertz CT molecular complexity index is 655. The molecule has 106 valence electrons. The number of rotatable bonds is 4. The molecule has 1 heterocycles. The topological polar surface area (TPSA) is 85.8 Å². The Morgan fingerprint density at radius 1 is 1.20 bits per heavy atom. The second-order valence-electron chi connectivity index (χ2n) is 4.52. The summed E-state index contributed by atoms with van der Waals surface area (Å²) in [5, 5.41) is 0. The van der Waals surface area contributed by atoms with E-state index in [0.29, 0.717) is 5.82 Å². The molecule has 0 radical (unpaired) electrons. The van der Waals surface area contributed by atoms with Crippen molar-refractivity contribution in [3.63, 3.8) is 0 Å². The van der Waals surface area contributed by atoms with Gasteiger partial charge in [-0.25, -0.2) is 10.6 Å². The van der Waals surface area contributed by atoms with Crippen LogP contribution in [0.1, 0.15) is 25.0 Å². The summed E-state index contributed by atoms with van der Waals surface area (Å²) < 4.78 is 1.45. The number of nitrogens with one attached hydrogen (secondary N) is 1. The van der Waals surface area contributed by atoms with Crippen molar-refractivity contribution in [2.75, 3.05) is 5.43 Å². The molecule has 0 aliphatic rings. The number of anilines is 1. The van der Waals surface area contributed by atoms with E-state index in [1.807, 2.05) is 6.07 Å². The maximum Gasteiger partial charge on any atom is 0.352 e. The van der Waals surface area contributed by atoms with E-state index < -0.39 is 0 Å². The fraction of sp³-hybridized carbons (Fsp3) is 0.357. The molecule has 1 aromatic heterocycles. The summed E-state index contributed by atoms with van der Waals surface area (Å²) in [7, 11) is 1.67. The molecule has 0 saturated carbocycles. The predicted molar refractivity (Wildman–Crippen MR) is 79.3 cm³/mol. The Kier molecular flexibility index (Phi) is 4.14. The highest BCUT2D eigenvalue weighted by molar-refractivity contribution is 5.66. The largest absolute Gasteiger partial charge is 0.352 e. The normalized spacial score (nSPS) is 10.6. The van der Waals surface area contributed by atoms with Crippen LogP contribution >= 0.6 is 0 Å². The van der Waals surface area contributed by atoms with Crippen LogP contribution in [0.5, 0.6) is 0 Å². The molecule has 2 aromatic rings. The van der Waals surface area contributed by atoms with Crippen molar-refractivity contribution in [2.45, 2.75) is 26.7 Å². The number of aromatic nitrogens is 3. The van der Waals surface area contributed by atoms with Crippen molar-refractivity contribution in [1.82, 2.24) is 14.5 Å². The van der Waals surface area contributed by atoms with Crippen LogP contribution in [0.4, 0.5) is 5.95 Å². The fourth-order valence-corrected chi connectivity index (χ4v) is 2.27. The highest BCUT2D eigenvalue weighted by Crippen LogP contribution is 2.26. The Morgan fingerprint density at radius 2 is 1.80 bits per heavy atom. The molecule has 0 fully saturated rings. The maximum atomic E-state index is 11.9. The number of hydrogen-bond acceptors (Lipinski definition) is 5. The molecule has 0 bridgehead atoms. The number of hydrogen-bond donors (Lipinski definition) is 2. The van der Waals surface area contributed by atoms with Gasteiger partial charge in [0.25, 0.3) is 0 Å². The number of benzene rings is 1. The van der Waals surface area contributed by atoms with Crippen LogP contribution in [0.3, 0.4) is 0 Å². The molecule has 0 amide bonds. The van der Waals surface area contributed by atoms with Gasteiger partial charge in [0, 0.05) is 12.6 Å². The van der Waals surface area contributed by atoms with E-state index >= 15 is 0 Å². The van der Waals surface area contributed by atoms with Gasteiger partial charge < -0.3 is 0 Å². The highest BCUT2D eigenvalue weighted by Gasteiger charge is 2.15. The van der Waals surface area contributed by atoms with Crippen molar-refractivity contribution in [3.05, 3.63) is 39.8 Å². The minimum atomic E-state index is -0.379. The summed E-state index contributed by atoms with van der Waals surface area (Å²) >= 11 is 0. The molecule has 6 nitrogen and oxygen atoms in total. The van der Waals surface area contributed by atoms with Crippen molar-refractivity contribution in [2.24, 2.45) is 12.9 Å². The van der Waals surface area contributed by atoms with Crippen molar-refractivity contribution < 1.29 is 0 Å². The number of nitrogen functional groups attached to an aromatic ring is 1. The molecule has 0 unspecified atom stereocenters. The van der Waals surface area contributed by atoms with E-state index in [1.165, 1.54) is 4.57 Å². The zero-order chi connectivity index (χ0) is 14.7. The maximum absolute atomic E-state index is 11.9. The van der Waals surface area contributed by atoms with E-state index in [2.05, 4.69) is 41.4 Å². The monoisotopic (exact) mass is 273 g/mol. The van der Waals surface area contributed by atoms with Crippen LogP contribution in [-0.2, 0) is 19.9 Å². The van der Waals surface area contributed by atoms with Gasteiger partial charge in [0.15, 0.2) is 0 Å². The third-order valence-electron chi connectivity index (χ3n) is 3.37. The van der Waals surface area contributed by atoms with Crippen LogP contribution in [0, 0.1) is 0 Å². The van der Waals surface area contributed by atoms with E-state index in [1.54, 1.807) is 7.05 Å². The predicted octanol–water partition coefficient (Wildman–Crippen LogP) is 1.25. The summed E-state index contributed by atoms with van der Waals surface area (Å²) in [6.45, 7) is 4.17. The minimum absolute atomic E-state index is 0.135. The highest BCUT2D eigenvalue weighted by atomic mass is 16.1. The molecule has 0 aliphatic heterocycles. The SMILES string of the molecule is CCc1cccc(CC)c1-c1nc(NN)nc(=O)n1C. The van der Waals surface area contributed by atoms with Crippen molar-refractivity contribution in [3.8, 4) is 11.4 Å². The molecule has 0 atom stereocenters. The average molecular weight is 273 g/mol.